The highest BCUT2D eigenvalue weighted by atomic mass is 32.2. The number of carbonyl (C=O) groups is 1. The van der Waals surface area contributed by atoms with Gasteiger partial charge in [-0.05, 0) is 43.9 Å². The molecule has 0 spiro atoms. The molecule has 8 heteroatoms. The van der Waals surface area contributed by atoms with Crippen LogP contribution in [0.5, 0.6) is 0 Å². The Kier molecular flexibility index (Phi) is 5.18. The number of rotatable bonds is 6. The van der Waals surface area contributed by atoms with Crippen molar-refractivity contribution in [1.29, 1.82) is 0 Å². The number of amides is 1. The molecule has 0 saturated heterocycles. The van der Waals surface area contributed by atoms with E-state index in [1.54, 1.807) is 22.5 Å². The van der Waals surface area contributed by atoms with E-state index in [4.69, 9.17) is 4.42 Å². The second kappa shape index (κ2) is 7.52. The zero-order valence-electron chi connectivity index (χ0n) is 14.3. The summed E-state index contributed by atoms with van der Waals surface area (Å²) in [6, 6.07) is 9.96. The number of hydrogen-bond donors (Lipinski definition) is 1. The fourth-order valence-electron chi connectivity index (χ4n) is 2.21. The second-order valence-corrected chi connectivity index (χ2v) is 6.64. The van der Waals surface area contributed by atoms with Crippen molar-refractivity contribution in [2.24, 2.45) is 0 Å². The third-order valence-corrected chi connectivity index (χ3v) is 4.30. The van der Waals surface area contributed by atoms with Crippen molar-refractivity contribution in [3.8, 4) is 11.6 Å². The molecule has 0 bridgehead atoms. The van der Waals surface area contributed by atoms with Crippen molar-refractivity contribution in [2.45, 2.75) is 31.2 Å². The number of thioether (sulfide) groups is 1. The van der Waals surface area contributed by atoms with Crippen LogP contribution >= 0.6 is 11.8 Å². The van der Waals surface area contributed by atoms with Crippen LogP contribution < -0.4 is 5.32 Å². The van der Waals surface area contributed by atoms with E-state index in [1.807, 2.05) is 50.6 Å². The summed E-state index contributed by atoms with van der Waals surface area (Å²) in [7, 11) is 0. The summed E-state index contributed by atoms with van der Waals surface area (Å²) in [6.45, 7) is 4.06. The molecule has 0 atom stereocenters. The second-order valence-electron chi connectivity index (χ2n) is 5.76. The van der Waals surface area contributed by atoms with E-state index in [2.05, 4.69) is 20.6 Å². The molecular formula is C17H19N5O2S. The summed E-state index contributed by atoms with van der Waals surface area (Å²) >= 11 is 1.66. The first-order chi connectivity index (χ1) is 12.0. The highest BCUT2D eigenvalue weighted by Crippen LogP contribution is 2.19. The smallest absolute Gasteiger partial charge is 0.322 e. The van der Waals surface area contributed by atoms with Gasteiger partial charge in [-0.15, -0.1) is 16.9 Å². The Balaban J connectivity index is 1.62. The Bertz CT molecular complexity index is 854. The molecule has 0 aliphatic rings. The number of anilines is 1. The first kappa shape index (κ1) is 17.2. The van der Waals surface area contributed by atoms with Crippen molar-refractivity contribution in [3.63, 3.8) is 0 Å². The third-order valence-electron chi connectivity index (χ3n) is 3.55. The van der Waals surface area contributed by atoms with Gasteiger partial charge in [0, 0.05) is 17.1 Å². The van der Waals surface area contributed by atoms with Gasteiger partial charge in [-0.3, -0.25) is 14.8 Å². The number of carbonyl (C=O) groups excluding carboxylic acids is 1. The average molecular weight is 357 g/mol. The van der Waals surface area contributed by atoms with Crippen molar-refractivity contribution in [2.75, 3.05) is 11.6 Å². The fourth-order valence-corrected chi connectivity index (χ4v) is 2.62. The quantitative estimate of drug-likeness (QED) is 0.680. The minimum atomic E-state index is -0.209. The summed E-state index contributed by atoms with van der Waals surface area (Å²) in [4.78, 5) is 13.3. The van der Waals surface area contributed by atoms with Gasteiger partial charge in [0.1, 0.15) is 5.69 Å². The molecular weight excluding hydrogens is 338 g/mol. The van der Waals surface area contributed by atoms with Crippen molar-refractivity contribution < 1.29 is 9.21 Å². The molecule has 0 fully saturated rings. The van der Waals surface area contributed by atoms with Crippen LogP contribution in [0, 0.1) is 0 Å². The Morgan fingerprint density at radius 2 is 2.00 bits per heavy atom. The van der Waals surface area contributed by atoms with Gasteiger partial charge in [0.2, 0.25) is 5.91 Å². The molecule has 7 nitrogen and oxygen atoms in total. The topological polar surface area (TPSA) is 85.8 Å². The van der Waals surface area contributed by atoms with Crippen LogP contribution in [0.1, 0.15) is 25.5 Å². The zero-order valence-corrected chi connectivity index (χ0v) is 15.1. The predicted octanol–water partition coefficient (Wildman–Crippen LogP) is 3.42. The van der Waals surface area contributed by atoms with Crippen LogP contribution in [0.3, 0.4) is 0 Å². The number of hydrogen-bond acceptors (Lipinski definition) is 6. The molecule has 0 aliphatic carbocycles. The van der Waals surface area contributed by atoms with E-state index >= 15 is 0 Å². The van der Waals surface area contributed by atoms with Gasteiger partial charge in [0.15, 0.2) is 0 Å². The highest BCUT2D eigenvalue weighted by molar-refractivity contribution is 7.98. The number of nitrogens with zero attached hydrogens (tertiary/aromatic N) is 4. The third kappa shape index (κ3) is 4.27. The van der Waals surface area contributed by atoms with Crippen LogP contribution in [0.25, 0.3) is 11.6 Å². The van der Waals surface area contributed by atoms with Crippen LogP contribution in [0.15, 0.2) is 45.8 Å². The Hall–Kier alpha value is -2.61. The highest BCUT2D eigenvalue weighted by Gasteiger charge is 2.14. The maximum absolute atomic E-state index is 12.1. The molecule has 2 heterocycles. The molecule has 0 aliphatic heterocycles. The normalized spacial score (nSPS) is 11.0. The number of benzene rings is 1. The number of nitrogens with one attached hydrogen (secondary N) is 1. The number of aromatic nitrogens is 4. The van der Waals surface area contributed by atoms with Gasteiger partial charge in [0.05, 0.1) is 6.42 Å². The molecule has 1 amide bonds. The van der Waals surface area contributed by atoms with E-state index in [-0.39, 0.29) is 30.3 Å². The SMILES string of the molecule is CSc1ccc(CC(=O)Nc2nnc(-c3ccn(C(C)C)n3)o2)cc1. The monoisotopic (exact) mass is 357 g/mol. The summed E-state index contributed by atoms with van der Waals surface area (Å²) < 4.78 is 7.28. The Morgan fingerprint density at radius 1 is 1.24 bits per heavy atom. The largest absolute Gasteiger partial charge is 0.401 e. The maximum Gasteiger partial charge on any atom is 0.322 e. The molecule has 3 aromatic rings. The van der Waals surface area contributed by atoms with E-state index < -0.39 is 0 Å². The summed E-state index contributed by atoms with van der Waals surface area (Å²) in [6.07, 6.45) is 4.11. The molecule has 25 heavy (non-hydrogen) atoms. The molecule has 1 N–H and O–H groups in total. The molecule has 0 saturated carbocycles. The van der Waals surface area contributed by atoms with Gasteiger partial charge >= 0.3 is 6.01 Å². The van der Waals surface area contributed by atoms with Crippen LogP contribution in [0.2, 0.25) is 0 Å². The molecule has 0 unspecified atom stereocenters. The minimum absolute atomic E-state index is 0.0693. The zero-order chi connectivity index (χ0) is 17.8. The van der Waals surface area contributed by atoms with Crippen molar-refractivity contribution >= 4 is 23.7 Å². The van der Waals surface area contributed by atoms with Crippen LogP contribution in [-0.4, -0.2) is 32.1 Å². The summed E-state index contributed by atoms with van der Waals surface area (Å²) in [5.41, 5.74) is 1.50. The minimum Gasteiger partial charge on any atom is -0.401 e. The van der Waals surface area contributed by atoms with Crippen molar-refractivity contribution in [3.05, 3.63) is 42.1 Å². The average Bonchev–Trinajstić information content (AvgIpc) is 3.24. The van der Waals surface area contributed by atoms with Crippen LogP contribution in [-0.2, 0) is 11.2 Å². The Labute approximate surface area is 149 Å². The van der Waals surface area contributed by atoms with Crippen molar-refractivity contribution in [1.82, 2.24) is 20.0 Å². The van der Waals surface area contributed by atoms with Gasteiger partial charge in [0.25, 0.3) is 5.89 Å². The molecule has 130 valence electrons. The lowest BCUT2D eigenvalue weighted by atomic mass is 10.1. The van der Waals surface area contributed by atoms with E-state index in [9.17, 15) is 4.79 Å². The molecule has 0 radical (unpaired) electrons. The van der Waals surface area contributed by atoms with Crippen LogP contribution in [0.4, 0.5) is 6.01 Å². The first-order valence-electron chi connectivity index (χ1n) is 7.87. The lowest BCUT2D eigenvalue weighted by molar-refractivity contribution is -0.115. The molecule has 2 aromatic heterocycles. The van der Waals surface area contributed by atoms with Gasteiger partial charge < -0.3 is 4.42 Å². The van der Waals surface area contributed by atoms with Gasteiger partial charge in [-0.1, -0.05) is 17.2 Å². The maximum atomic E-state index is 12.1. The standard InChI is InChI=1S/C17H19N5O2S/c1-11(2)22-9-8-14(21-22)16-19-20-17(24-16)18-15(23)10-12-4-6-13(25-3)7-5-12/h4-9,11H,10H2,1-3H3,(H,18,20,23). The van der Waals surface area contributed by atoms with E-state index in [1.165, 1.54) is 0 Å². The lowest BCUT2D eigenvalue weighted by Crippen LogP contribution is -2.14. The molecule has 1 aromatic carbocycles. The summed E-state index contributed by atoms with van der Waals surface area (Å²) in [5, 5.41) is 14.8. The van der Waals surface area contributed by atoms with E-state index in [0.717, 1.165) is 10.5 Å². The lowest BCUT2D eigenvalue weighted by Gasteiger charge is -2.03. The van der Waals surface area contributed by atoms with Gasteiger partial charge in [-0.2, -0.15) is 5.10 Å². The predicted molar refractivity (Wildman–Crippen MR) is 96.5 cm³/mol. The molecule has 3 rings (SSSR count). The fraction of sp³-hybridized carbons (Fsp3) is 0.294. The Morgan fingerprint density at radius 3 is 2.64 bits per heavy atom. The summed E-state index contributed by atoms with van der Waals surface area (Å²) in [5.74, 6) is 0.0684. The van der Waals surface area contributed by atoms with E-state index in [0.29, 0.717) is 5.69 Å². The first-order valence-corrected chi connectivity index (χ1v) is 9.09. The van der Waals surface area contributed by atoms with Gasteiger partial charge in [-0.25, -0.2) is 0 Å².